The number of benzene rings is 7. The van der Waals surface area contributed by atoms with Crippen LogP contribution in [0.5, 0.6) is 0 Å². The number of anilines is 2. The first-order valence-corrected chi connectivity index (χ1v) is 20.7. The van der Waals surface area contributed by atoms with E-state index in [4.69, 9.17) is 0 Å². The lowest BCUT2D eigenvalue weighted by atomic mass is 9.66. The molecule has 1 spiro atoms. The quantitative estimate of drug-likeness (QED) is 0.170. The van der Waals surface area contributed by atoms with Gasteiger partial charge < -0.3 is 4.90 Å². The van der Waals surface area contributed by atoms with E-state index in [1.54, 1.807) is 0 Å². The first kappa shape index (κ1) is 33.9. The topological polar surface area (TPSA) is 3.24 Å². The largest absolute Gasteiger partial charge is 0.314 e. The Bertz CT molecular complexity index is 2960. The van der Waals surface area contributed by atoms with Gasteiger partial charge in [0.15, 0.2) is 0 Å². The average molecular weight is 732 g/mol. The van der Waals surface area contributed by atoms with Crippen molar-refractivity contribution in [1.29, 1.82) is 0 Å². The van der Waals surface area contributed by atoms with Crippen LogP contribution in [-0.2, 0) is 10.8 Å². The van der Waals surface area contributed by atoms with E-state index in [9.17, 15) is 0 Å². The van der Waals surface area contributed by atoms with Crippen LogP contribution in [0.3, 0.4) is 0 Å². The van der Waals surface area contributed by atoms with Gasteiger partial charge in [-0.05, 0) is 121 Å². The molecule has 274 valence electrons. The van der Waals surface area contributed by atoms with Crippen molar-refractivity contribution >= 4 is 30.1 Å². The van der Waals surface area contributed by atoms with Gasteiger partial charge in [0.2, 0.25) is 0 Å². The first-order chi connectivity index (χ1) is 28.1. The molecule has 0 radical (unpaired) electrons. The van der Waals surface area contributed by atoms with Crippen LogP contribution in [0.1, 0.15) is 71.9 Å². The molecule has 1 nitrogen and oxygen atoms in total. The van der Waals surface area contributed by atoms with E-state index >= 15 is 0 Å². The molecular formula is C56H45N. The Morgan fingerprint density at radius 1 is 0.491 bits per heavy atom. The number of nitrogens with zero attached hydrogens (tertiary/aromatic N) is 1. The van der Waals surface area contributed by atoms with Gasteiger partial charge in [0, 0.05) is 22.4 Å². The number of hydrogen-bond donors (Lipinski definition) is 0. The van der Waals surface area contributed by atoms with Gasteiger partial charge in [-0.1, -0.05) is 178 Å². The third-order valence-corrected chi connectivity index (χ3v) is 13.7. The molecule has 0 unspecified atom stereocenters. The van der Waals surface area contributed by atoms with Gasteiger partial charge in [-0.25, -0.2) is 0 Å². The van der Waals surface area contributed by atoms with Crippen molar-refractivity contribution in [3.8, 4) is 11.1 Å². The molecule has 4 aliphatic rings. The van der Waals surface area contributed by atoms with Crippen molar-refractivity contribution in [2.75, 3.05) is 4.90 Å². The summed E-state index contributed by atoms with van der Waals surface area (Å²) in [6, 6.07) is 63.3. The second-order valence-corrected chi connectivity index (χ2v) is 16.4. The Balaban J connectivity index is 1.23. The van der Waals surface area contributed by atoms with Gasteiger partial charge in [0.25, 0.3) is 0 Å². The Hall–Kier alpha value is -6.44. The molecule has 1 heteroatoms. The Kier molecular flexibility index (Phi) is 7.76. The van der Waals surface area contributed by atoms with Crippen LogP contribution < -0.4 is 15.3 Å². The minimum absolute atomic E-state index is 0.0717. The summed E-state index contributed by atoms with van der Waals surface area (Å²) in [4.78, 5) is 2.62. The maximum Gasteiger partial charge on any atom is 0.0710 e. The fourth-order valence-corrected chi connectivity index (χ4v) is 11.3. The van der Waals surface area contributed by atoms with Crippen LogP contribution in [0, 0.1) is 10.4 Å². The molecule has 1 fully saturated rings. The third kappa shape index (κ3) is 4.88. The Labute approximate surface area is 335 Å². The SMILES string of the molecule is C=c1cccc/c1=c1\cc(N(C2=CC3=C(CC2)c2ccccc2C3(c2ccccc2)c2ccccc2)c2cccc3c2-c2ccccc2C32CCCC2)ccc1=C. The number of allylic oxidation sites excluding steroid dienone is 4. The molecule has 0 atom stereocenters. The van der Waals surface area contributed by atoms with E-state index < -0.39 is 5.41 Å². The average Bonchev–Trinajstić information content (AvgIpc) is 3.96. The first-order valence-electron chi connectivity index (χ1n) is 20.7. The maximum absolute atomic E-state index is 4.54. The molecule has 57 heavy (non-hydrogen) atoms. The molecule has 1 saturated carbocycles. The molecule has 0 N–H and O–H groups in total. The third-order valence-electron chi connectivity index (χ3n) is 13.7. The van der Waals surface area contributed by atoms with Crippen molar-refractivity contribution in [2.45, 2.75) is 49.4 Å². The lowest BCUT2D eigenvalue weighted by molar-refractivity contribution is 0.550. The molecule has 11 rings (SSSR count). The summed E-state index contributed by atoms with van der Waals surface area (Å²) in [6.07, 6.45) is 9.39. The van der Waals surface area contributed by atoms with E-state index in [0.29, 0.717) is 0 Å². The molecule has 0 amide bonds. The number of hydrogen-bond acceptors (Lipinski definition) is 1. The highest BCUT2D eigenvalue weighted by Gasteiger charge is 2.49. The molecule has 0 saturated heterocycles. The van der Waals surface area contributed by atoms with Crippen LogP contribution in [0.4, 0.5) is 11.4 Å². The fourth-order valence-electron chi connectivity index (χ4n) is 11.3. The minimum Gasteiger partial charge on any atom is -0.314 e. The van der Waals surface area contributed by atoms with Crippen molar-refractivity contribution in [2.24, 2.45) is 0 Å². The van der Waals surface area contributed by atoms with Gasteiger partial charge in [-0.3, -0.25) is 0 Å². The van der Waals surface area contributed by atoms with Crippen LogP contribution in [0.25, 0.3) is 29.9 Å². The molecule has 0 heterocycles. The monoisotopic (exact) mass is 731 g/mol. The predicted molar refractivity (Wildman–Crippen MR) is 238 cm³/mol. The Morgan fingerprint density at radius 2 is 1.11 bits per heavy atom. The standard InChI is InChI=1S/C56H45N/c1-38-18-9-10-23-44(38)48-36-42(31-30-39(48)2)57(53-29-17-28-51-54(53)47-25-12-13-26-49(47)55(51)34-15-16-35-55)43-32-33-46-45-24-11-14-27-50(45)56(52(46)37-43,40-19-5-3-6-20-40)41-21-7-4-8-22-41/h3-14,17-31,36-37H,1-2,15-16,32-35H2/b48-44-. The summed E-state index contributed by atoms with van der Waals surface area (Å²) in [5.74, 6) is 0. The summed E-state index contributed by atoms with van der Waals surface area (Å²) in [5, 5.41) is 4.26. The Morgan fingerprint density at radius 3 is 1.84 bits per heavy atom. The summed E-state index contributed by atoms with van der Waals surface area (Å²) in [7, 11) is 0. The fraction of sp³-hybridized carbons (Fsp3) is 0.143. The number of fused-ring (bicyclic) bond motifs is 7. The van der Waals surface area contributed by atoms with E-state index in [2.05, 4.69) is 194 Å². The van der Waals surface area contributed by atoms with E-state index in [-0.39, 0.29) is 5.41 Å². The normalized spacial score (nSPS) is 17.4. The smallest absolute Gasteiger partial charge is 0.0710 e. The zero-order chi connectivity index (χ0) is 38.1. The molecule has 7 aromatic rings. The molecule has 7 aromatic carbocycles. The highest BCUT2D eigenvalue weighted by molar-refractivity contribution is 5.95. The van der Waals surface area contributed by atoms with Gasteiger partial charge in [0.1, 0.15) is 0 Å². The van der Waals surface area contributed by atoms with Crippen LogP contribution in [0.15, 0.2) is 187 Å². The summed E-state index contributed by atoms with van der Waals surface area (Å²) < 4.78 is 0. The molecule has 0 aromatic heterocycles. The van der Waals surface area contributed by atoms with Gasteiger partial charge >= 0.3 is 0 Å². The highest BCUT2D eigenvalue weighted by atomic mass is 15.2. The van der Waals surface area contributed by atoms with E-state index in [1.165, 1.54) is 92.7 Å². The van der Waals surface area contributed by atoms with Crippen LogP contribution in [0.2, 0.25) is 0 Å². The molecule has 0 bridgehead atoms. The maximum atomic E-state index is 4.54. The number of rotatable bonds is 5. The lowest BCUT2D eigenvalue weighted by Gasteiger charge is -2.38. The van der Waals surface area contributed by atoms with E-state index in [1.807, 2.05) is 0 Å². The second-order valence-electron chi connectivity index (χ2n) is 16.4. The van der Waals surface area contributed by atoms with Crippen molar-refractivity contribution in [1.82, 2.24) is 0 Å². The molecule has 0 aliphatic heterocycles. The van der Waals surface area contributed by atoms with Crippen LogP contribution in [-0.4, -0.2) is 0 Å². The lowest BCUT2D eigenvalue weighted by Crippen LogP contribution is -2.31. The summed E-state index contributed by atoms with van der Waals surface area (Å²) in [5.41, 5.74) is 17.3. The summed E-state index contributed by atoms with van der Waals surface area (Å²) >= 11 is 0. The molecule has 4 aliphatic carbocycles. The van der Waals surface area contributed by atoms with Crippen molar-refractivity contribution in [3.63, 3.8) is 0 Å². The van der Waals surface area contributed by atoms with Gasteiger partial charge in [0.05, 0.1) is 11.1 Å². The van der Waals surface area contributed by atoms with Gasteiger partial charge in [-0.15, -0.1) is 0 Å². The van der Waals surface area contributed by atoms with Gasteiger partial charge in [-0.2, -0.15) is 0 Å². The zero-order valence-corrected chi connectivity index (χ0v) is 32.3. The van der Waals surface area contributed by atoms with E-state index in [0.717, 1.165) is 39.4 Å². The highest BCUT2D eigenvalue weighted by Crippen LogP contribution is 2.61. The second kappa shape index (κ2) is 13.1. The molecular weight excluding hydrogens is 687 g/mol. The van der Waals surface area contributed by atoms with Crippen LogP contribution >= 0.6 is 0 Å². The summed E-state index contributed by atoms with van der Waals surface area (Å²) in [6.45, 7) is 8.99. The zero-order valence-electron chi connectivity index (χ0n) is 32.3. The minimum atomic E-state index is -0.458. The predicted octanol–water partition coefficient (Wildman–Crippen LogP) is 12.3. The van der Waals surface area contributed by atoms with Crippen molar-refractivity contribution < 1.29 is 0 Å². The van der Waals surface area contributed by atoms with Crippen molar-refractivity contribution in [3.05, 3.63) is 241 Å².